The van der Waals surface area contributed by atoms with E-state index >= 15 is 0 Å². The van der Waals surface area contributed by atoms with Crippen molar-refractivity contribution in [2.75, 3.05) is 19.5 Å². The van der Waals surface area contributed by atoms with Gasteiger partial charge in [0.1, 0.15) is 11.3 Å². The number of fused-ring (bicyclic) bond motifs is 1. The smallest absolute Gasteiger partial charge is 0.339 e. The van der Waals surface area contributed by atoms with Gasteiger partial charge in [-0.1, -0.05) is 48.5 Å². The number of nitrogens with zero attached hydrogens (tertiary/aromatic N) is 1. The minimum Gasteiger partial charge on any atom is -0.505 e. The van der Waals surface area contributed by atoms with Crippen molar-refractivity contribution in [3.8, 4) is 5.75 Å². The van der Waals surface area contributed by atoms with Crippen LogP contribution in [0.2, 0.25) is 0 Å². The first-order chi connectivity index (χ1) is 16.0. The number of carbonyl (C=O) groups is 2. The summed E-state index contributed by atoms with van der Waals surface area (Å²) < 4.78 is 9.75. The highest BCUT2D eigenvalue weighted by Crippen LogP contribution is 2.37. The maximum atomic E-state index is 12.4. The van der Waals surface area contributed by atoms with Crippen molar-refractivity contribution < 1.29 is 24.2 Å². The summed E-state index contributed by atoms with van der Waals surface area (Å²) in [5.41, 5.74) is 2.73. The molecule has 0 aliphatic heterocycles. The predicted molar refractivity (Wildman–Crippen MR) is 124 cm³/mol. The van der Waals surface area contributed by atoms with Gasteiger partial charge < -0.3 is 19.9 Å². The van der Waals surface area contributed by atoms with Crippen LogP contribution in [-0.4, -0.2) is 36.2 Å². The van der Waals surface area contributed by atoms with Crippen molar-refractivity contribution in [1.29, 1.82) is 0 Å². The van der Waals surface area contributed by atoms with Crippen LogP contribution in [0.3, 0.4) is 0 Å². The van der Waals surface area contributed by atoms with E-state index in [0.717, 1.165) is 10.9 Å². The van der Waals surface area contributed by atoms with E-state index in [0.29, 0.717) is 16.8 Å². The molecule has 7 heteroatoms. The zero-order chi connectivity index (χ0) is 23.4. The fourth-order valence-electron chi connectivity index (χ4n) is 3.72. The molecule has 7 nitrogen and oxygen atoms in total. The van der Waals surface area contributed by atoms with Gasteiger partial charge in [-0.05, 0) is 29.8 Å². The predicted octanol–water partition coefficient (Wildman–Crippen LogP) is 4.72. The van der Waals surface area contributed by atoms with Crippen molar-refractivity contribution in [3.63, 3.8) is 0 Å². The zero-order valence-electron chi connectivity index (χ0n) is 18.1. The number of rotatable bonds is 6. The Morgan fingerprint density at radius 1 is 0.909 bits per heavy atom. The van der Waals surface area contributed by atoms with Gasteiger partial charge in [0, 0.05) is 17.1 Å². The molecule has 0 spiro atoms. The van der Waals surface area contributed by atoms with Gasteiger partial charge >= 0.3 is 11.9 Å². The molecule has 2 N–H and O–H groups in total. The number of methoxy groups -OCH3 is 2. The van der Waals surface area contributed by atoms with Gasteiger partial charge in [-0.2, -0.15) is 0 Å². The number of carbonyl (C=O) groups excluding carboxylic acids is 2. The molecule has 0 bridgehead atoms. The van der Waals surface area contributed by atoms with Crippen molar-refractivity contribution in [1.82, 2.24) is 4.98 Å². The number of aromatic nitrogens is 1. The average Bonchev–Trinajstić information content (AvgIpc) is 2.87. The molecule has 0 saturated heterocycles. The molecule has 0 aliphatic rings. The maximum Gasteiger partial charge on any atom is 0.339 e. The molecule has 4 rings (SSSR count). The fraction of sp³-hybridized carbons (Fsp3) is 0.115. The van der Waals surface area contributed by atoms with Crippen LogP contribution in [0.15, 0.2) is 79.0 Å². The topological polar surface area (TPSA) is 97.8 Å². The second-order valence-electron chi connectivity index (χ2n) is 7.31. The first kappa shape index (κ1) is 21.8. The lowest BCUT2D eigenvalue weighted by atomic mass is 9.95. The van der Waals surface area contributed by atoms with Crippen LogP contribution in [0.5, 0.6) is 5.75 Å². The molecule has 0 amide bonds. The SMILES string of the molecule is COC(=O)c1ccc(C(=O)OC)c(NC(c2ccccc2)c2ccc3cccnc3c2O)c1. The number of phenolic OH excluding ortho intramolecular Hbond substituents is 1. The lowest BCUT2D eigenvalue weighted by Gasteiger charge is -2.24. The number of hydrogen-bond acceptors (Lipinski definition) is 7. The molecule has 166 valence electrons. The zero-order valence-corrected chi connectivity index (χ0v) is 18.1. The molecule has 1 aromatic heterocycles. The number of benzene rings is 3. The molecule has 4 aromatic rings. The Morgan fingerprint density at radius 3 is 2.39 bits per heavy atom. The molecule has 0 radical (unpaired) electrons. The summed E-state index contributed by atoms with van der Waals surface area (Å²) >= 11 is 0. The quantitative estimate of drug-likeness (QED) is 0.417. The summed E-state index contributed by atoms with van der Waals surface area (Å²) in [4.78, 5) is 28.9. The third-order valence-corrected chi connectivity index (χ3v) is 5.37. The molecular formula is C26H22N2O5. The number of aromatic hydroxyl groups is 1. The van der Waals surface area contributed by atoms with Crippen molar-refractivity contribution in [3.05, 3.63) is 101 Å². The summed E-state index contributed by atoms with van der Waals surface area (Å²) in [5, 5.41) is 15.2. The Labute approximate surface area is 190 Å². The van der Waals surface area contributed by atoms with Crippen LogP contribution < -0.4 is 5.32 Å². The summed E-state index contributed by atoms with van der Waals surface area (Å²) in [6.07, 6.45) is 1.62. The highest BCUT2D eigenvalue weighted by Gasteiger charge is 2.23. The van der Waals surface area contributed by atoms with Gasteiger partial charge in [0.05, 0.1) is 37.1 Å². The molecule has 3 aromatic carbocycles. The minimum absolute atomic E-state index is 0.0261. The fourth-order valence-corrected chi connectivity index (χ4v) is 3.72. The van der Waals surface area contributed by atoms with Gasteiger partial charge in [0.2, 0.25) is 0 Å². The van der Waals surface area contributed by atoms with Crippen molar-refractivity contribution in [2.45, 2.75) is 6.04 Å². The van der Waals surface area contributed by atoms with Crippen LogP contribution >= 0.6 is 0 Å². The largest absolute Gasteiger partial charge is 0.505 e. The second-order valence-corrected chi connectivity index (χ2v) is 7.31. The highest BCUT2D eigenvalue weighted by molar-refractivity contribution is 5.99. The molecule has 0 fully saturated rings. The van der Waals surface area contributed by atoms with Crippen LogP contribution in [0.25, 0.3) is 10.9 Å². The Kier molecular flexibility index (Phi) is 6.22. The lowest BCUT2D eigenvalue weighted by molar-refractivity contribution is 0.0587. The Balaban J connectivity index is 1.88. The highest BCUT2D eigenvalue weighted by atomic mass is 16.5. The number of pyridine rings is 1. The third kappa shape index (κ3) is 4.34. The Hall–Kier alpha value is -4.39. The van der Waals surface area contributed by atoms with E-state index in [9.17, 15) is 14.7 Å². The van der Waals surface area contributed by atoms with Gasteiger partial charge in [0.15, 0.2) is 0 Å². The normalized spacial score (nSPS) is 11.6. The first-order valence-electron chi connectivity index (χ1n) is 10.2. The average molecular weight is 442 g/mol. The molecule has 1 heterocycles. The molecule has 33 heavy (non-hydrogen) atoms. The monoisotopic (exact) mass is 442 g/mol. The van der Waals surface area contributed by atoms with Crippen molar-refractivity contribution in [2.24, 2.45) is 0 Å². The van der Waals surface area contributed by atoms with Gasteiger partial charge in [-0.3, -0.25) is 4.98 Å². The van der Waals surface area contributed by atoms with Crippen molar-refractivity contribution >= 4 is 28.5 Å². The second kappa shape index (κ2) is 9.40. The van der Waals surface area contributed by atoms with E-state index in [2.05, 4.69) is 10.3 Å². The molecule has 1 unspecified atom stereocenters. The summed E-state index contributed by atoms with van der Waals surface area (Å²) in [6, 6.07) is 20.8. The molecular weight excluding hydrogens is 420 g/mol. The maximum absolute atomic E-state index is 12.4. The number of ether oxygens (including phenoxy) is 2. The van der Waals surface area contributed by atoms with Crippen LogP contribution in [-0.2, 0) is 9.47 Å². The van der Waals surface area contributed by atoms with E-state index in [1.807, 2.05) is 48.5 Å². The van der Waals surface area contributed by atoms with E-state index in [1.165, 1.54) is 32.4 Å². The third-order valence-electron chi connectivity index (χ3n) is 5.37. The summed E-state index contributed by atoms with van der Waals surface area (Å²) in [7, 11) is 2.58. The van der Waals surface area contributed by atoms with Gasteiger partial charge in [-0.15, -0.1) is 0 Å². The number of hydrogen-bond donors (Lipinski definition) is 2. The molecule has 0 aliphatic carbocycles. The summed E-state index contributed by atoms with van der Waals surface area (Å²) in [6.45, 7) is 0. The van der Waals surface area contributed by atoms with Crippen LogP contribution in [0, 0.1) is 0 Å². The van der Waals surface area contributed by atoms with Crippen LogP contribution in [0.4, 0.5) is 5.69 Å². The van der Waals surface area contributed by atoms with Gasteiger partial charge in [-0.25, -0.2) is 9.59 Å². The van der Waals surface area contributed by atoms with E-state index in [1.54, 1.807) is 12.3 Å². The van der Waals surface area contributed by atoms with Crippen LogP contribution in [0.1, 0.15) is 37.9 Å². The molecule has 0 saturated carbocycles. The lowest BCUT2D eigenvalue weighted by Crippen LogP contribution is -2.17. The minimum atomic E-state index is -0.565. The van der Waals surface area contributed by atoms with E-state index < -0.39 is 18.0 Å². The molecule has 1 atom stereocenters. The first-order valence-corrected chi connectivity index (χ1v) is 10.2. The Bertz CT molecular complexity index is 1320. The summed E-state index contributed by atoms with van der Waals surface area (Å²) in [5.74, 6) is -1.08. The number of anilines is 1. The number of esters is 2. The van der Waals surface area contributed by atoms with Gasteiger partial charge in [0.25, 0.3) is 0 Å². The standard InChI is InChI=1S/C26H22N2O5/c1-32-25(30)18-11-12-19(26(31)33-2)21(15-18)28-22(16-7-4-3-5-8-16)20-13-10-17-9-6-14-27-23(17)24(20)29/h3-15,22,28-29H,1-2H3. The van der Waals surface area contributed by atoms with E-state index in [-0.39, 0.29) is 16.9 Å². The van der Waals surface area contributed by atoms with E-state index in [4.69, 9.17) is 9.47 Å². The Morgan fingerprint density at radius 2 is 1.67 bits per heavy atom. The number of phenols is 1. The number of nitrogens with one attached hydrogen (secondary N) is 1.